The average Bonchev–Trinajstić information content (AvgIpc) is 3.61. The van der Waals surface area contributed by atoms with Crippen LogP contribution >= 0.6 is 22.9 Å². The number of carbonyl (C=O) groups excluding carboxylic acids is 2. The highest BCUT2D eigenvalue weighted by atomic mass is 35.5. The molecular weight excluding hydrogens is 524 g/mol. The van der Waals surface area contributed by atoms with Crippen LogP contribution in [0.3, 0.4) is 0 Å². The van der Waals surface area contributed by atoms with Crippen molar-refractivity contribution in [2.75, 3.05) is 20.2 Å². The number of amides is 2. The van der Waals surface area contributed by atoms with E-state index in [0.717, 1.165) is 71.4 Å². The Kier molecular flexibility index (Phi) is 6.63. The fraction of sp³-hybridized carbons (Fsp3) is 0.519. The maximum absolute atomic E-state index is 13.7. The summed E-state index contributed by atoms with van der Waals surface area (Å²) in [4.78, 5) is 44.9. The van der Waals surface area contributed by atoms with Crippen molar-refractivity contribution < 1.29 is 14.3 Å². The molecule has 6 rings (SSSR count). The normalized spacial score (nSPS) is 18.6. The number of thiazole rings is 1. The molecule has 1 unspecified atom stereocenters. The summed E-state index contributed by atoms with van der Waals surface area (Å²) < 4.78 is 8.19. The topological polar surface area (TPSA) is 93.4 Å². The number of carbonyl (C=O) groups is 2. The summed E-state index contributed by atoms with van der Waals surface area (Å²) in [5.41, 5.74) is 3.42. The smallest absolute Gasteiger partial charge is 0.272 e. The first-order chi connectivity index (χ1) is 18.3. The molecule has 9 nitrogen and oxygen atoms in total. The summed E-state index contributed by atoms with van der Waals surface area (Å²) in [6.07, 6.45) is 5.97. The van der Waals surface area contributed by atoms with Gasteiger partial charge in [0.1, 0.15) is 17.6 Å². The number of aromatic nitrogens is 4. The van der Waals surface area contributed by atoms with Crippen molar-refractivity contribution in [2.45, 2.75) is 71.0 Å². The Morgan fingerprint density at radius 2 is 1.95 bits per heavy atom. The second-order valence-electron chi connectivity index (χ2n) is 10.3. The van der Waals surface area contributed by atoms with Crippen LogP contribution < -0.4 is 4.74 Å². The van der Waals surface area contributed by atoms with E-state index in [9.17, 15) is 9.59 Å². The Morgan fingerprint density at radius 1 is 1.13 bits per heavy atom. The molecule has 2 amide bonds. The van der Waals surface area contributed by atoms with Crippen LogP contribution in [0.25, 0.3) is 0 Å². The summed E-state index contributed by atoms with van der Waals surface area (Å²) in [6.45, 7) is 5.30. The quantitative estimate of drug-likeness (QED) is 0.425. The monoisotopic (exact) mass is 554 g/mol. The van der Waals surface area contributed by atoms with Gasteiger partial charge in [-0.15, -0.1) is 11.3 Å². The molecule has 0 aromatic carbocycles. The van der Waals surface area contributed by atoms with Gasteiger partial charge < -0.3 is 19.1 Å². The number of halogens is 1. The number of ether oxygens (including phenoxy) is 1. The third-order valence-corrected chi connectivity index (χ3v) is 9.06. The van der Waals surface area contributed by atoms with Crippen molar-refractivity contribution in [3.63, 3.8) is 0 Å². The Bertz CT molecular complexity index is 1410. The van der Waals surface area contributed by atoms with E-state index in [2.05, 4.69) is 14.5 Å². The summed E-state index contributed by atoms with van der Waals surface area (Å²) >= 11 is 8.01. The minimum Gasteiger partial charge on any atom is -0.481 e. The lowest BCUT2D eigenvalue weighted by atomic mass is 9.99. The number of rotatable bonds is 6. The fourth-order valence-corrected chi connectivity index (χ4v) is 6.82. The van der Waals surface area contributed by atoms with Gasteiger partial charge in [0.15, 0.2) is 17.5 Å². The van der Waals surface area contributed by atoms with Crippen LogP contribution in [0.5, 0.6) is 5.75 Å². The van der Waals surface area contributed by atoms with Crippen molar-refractivity contribution in [3.8, 4) is 5.75 Å². The van der Waals surface area contributed by atoms with Crippen LogP contribution in [0.4, 0.5) is 0 Å². The average molecular weight is 555 g/mol. The van der Waals surface area contributed by atoms with Crippen molar-refractivity contribution in [1.82, 2.24) is 29.3 Å². The highest BCUT2D eigenvalue weighted by Crippen LogP contribution is 2.41. The molecule has 3 aromatic heterocycles. The van der Waals surface area contributed by atoms with Crippen LogP contribution in [-0.4, -0.2) is 67.4 Å². The van der Waals surface area contributed by atoms with Crippen LogP contribution in [0, 0.1) is 13.8 Å². The first kappa shape index (κ1) is 25.3. The molecule has 200 valence electrons. The summed E-state index contributed by atoms with van der Waals surface area (Å²) in [7, 11) is 1.78. The minimum atomic E-state index is -0.244. The number of imidazole rings is 1. The Hall–Kier alpha value is -2.98. The Balaban J connectivity index is 1.24. The molecule has 1 fully saturated rings. The van der Waals surface area contributed by atoms with Crippen molar-refractivity contribution >= 4 is 34.8 Å². The number of fused-ring (bicyclic) bond motifs is 3. The molecule has 1 aliphatic carbocycles. The maximum Gasteiger partial charge on any atom is 0.272 e. The third kappa shape index (κ3) is 4.58. The molecular formula is C27H31ClN6O3S. The summed E-state index contributed by atoms with van der Waals surface area (Å²) in [6, 6.07) is 3.26. The highest BCUT2D eigenvalue weighted by Gasteiger charge is 2.39. The van der Waals surface area contributed by atoms with E-state index in [1.54, 1.807) is 35.4 Å². The van der Waals surface area contributed by atoms with E-state index >= 15 is 0 Å². The van der Waals surface area contributed by atoms with E-state index in [1.807, 2.05) is 18.7 Å². The van der Waals surface area contributed by atoms with Gasteiger partial charge in [-0.3, -0.25) is 9.59 Å². The molecule has 0 radical (unpaired) electrons. The zero-order chi connectivity index (χ0) is 26.6. The summed E-state index contributed by atoms with van der Waals surface area (Å²) in [5.74, 6) is 1.10. The van der Waals surface area contributed by atoms with E-state index in [-0.39, 0.29) is 47.1 Å². The van der Waals surface area contributed by atoms with Crippen LogP contribution in [-0.2, 0) is 24.2 Å². The van der Waals surface area contributed by atoms with Crippen LogP contribution in [0.1, 0.15) is 75.0 Å². The van der Waals surface area contributed by atoms with Gasteiger partial charge in [0.25, 0.3) is 11.8 Å². The fourth-order valence-electron chi connectivity index (χ4n) is 5.57. The zero-order valence-electron chi connectivity index (χ0n) is 21.9. The molecule has 5 heterocycles. The Labute approximate surface area is 230 Å². The van der Waals surface area contributed by atoms with Crippen LogP contribution in [0.15, 0.2) is 12.1 Å². The summed E-state index contributed by atoms with van der Waals surface area (Å²) in [5, 5.41) is 1.05. The zero-order valence-corrected chi connectivity index (χ0v) is 23.4. The molecule has 0 saturated heterocycles. The van der Waals surface area contributed by atoms with Gasteiger partial charge in [-0.2, -0.15) is 0 Å². The van der Waals surface area contributed by atoms with E-state index < -0.39 is 0 Å². The lowest BCUT2D eigenvalue weighted by molar-refractivity contribution is -0.135. The number of hydrogen-bond donors (Lipinski definition) is 0. The third-order valence-electron chi connectivity index (χ3n) is 7.66. The molecule has 0 bridgehead atoms. The standard InChI is InChI=1S/C27H31ClN6O3S/c1-15-25(38-16(2)29-15)24-23-18(30-21-6-4-5-12-33(21)23)11-13-34(24)22(35)14-37-20-10-9-19(31-26(20)28)27(36)32(3)17-7-8-17/h9-10,17,24H,4-8,11-14H2,1-3H3. The van der Waals surface area contributed by atoms with Crippen molar-refractivity contribution in [3.05, 3.63) is 55.8 Å². The van der Waals surface area contributed by atoms with Crippen molar-refractivity contribution in [1.29, 1.82) is 0 Å². The Morgan fingerprint density at radius 3 is 2.66 bits per heavy atom. The predicted octanol–water partition coefficient (Wildman–Crippen LogP) is 4.13. The number of nitrogens with zero attached hydrogens (tertiary/aromatic N) is 6. The molecule has 11 heteroatoms. The van der Waals surface area contributed by atoms with Gasteiger partial charge in [-0.1, -0.05) is 11.6 Å². The first-order valence-corrected chi connectivity index (χ1v) is 14.4. The molecule has 1 saturated carbocycles. The van der Waals surface area contributed by atoms with Gasteiger partial charge in [0.05, 0.1) is 27.0 Å². The first-order valence-electron chi connectivity index (χ1n) is 13.2. The molecule has 38 heavy (non-hydrogen) atoms. The van der Waals surface area contributed by atoms with Gasteiger partial charge in [-0.05, 0) is 51.7 Å². The maximum atomic E-state index is 13.7. The predicted molar refractivity (Wildman–Crippen MR) is 144 cm³/mol. The lowest BCUT2D eigenvalue weighted by Crippen LogP contribution is -2.43. The van der Waals surface area contributed by atoms with Crippen molar-refractivity contribution in [2.24, 2.45) is 0 Å². The molecule has 1 atom stereocenters. The minimum absolute atomic E-state index is 0.0733. The van der Waals surface area contributed by atoms with E-state index in [4.69, 9.17) is 21.3 Å². The largest absolute Gasteiger partial charge is 0.481 e. The number of aryl methyl sites for hydroxylation is 3. The molecule has 3 aromatic rings. The number of pyridine rings is 1. The highest BCUT2D eigenvalue weighted by molar-refractivity contribution is 7.11. The van der Waals surface area contributed by atoms with E-state index in [0.29, 0.717) is 13.0 Å². The lowest BCUT2D eigenvalue weighted by Gasteiger charge is -2.36. The van der Waals surface area contributed by atoms with Crippen LogP contribution in [0.2, 0.25) is 5.15 Å². The van der Waals surface area contributed by atoms with E-state index in [1.165, 1.54) is 0 Å². The SMILES string of the molecule is Cc1nc(C)c(C2c3c(nc4n3CCCC4)CCN2C(=O)COc2ccc(C(=O)N(C)C3CC3)nc2Cl)s1. The second-order valence-corrected chi connectivity index (χ2v) is 11.9. The van der Waals surface area contributed by atoms with Gasteiger partial charge in [0.2, 0.25) is 0 Å². The van der Waals surface area contributed by atoms with Gasteiger partial charge in [-0.25, -0.2) is 15.0 Å². The second kappa shape index (κ2) is 9.96. The molecule has 2 aliphatic heterocycles. The number of hydrogen-bond acceptors (Lipinski definition) is 7. The molecule has 0 spiro atoms. The van der Waals surface area contributed by atoms with Gasteiger partial charge >= 0.3 is 0 Å². The van der Waals surface area contributed by atoms with Gasteiger partial charge in [0, 0.05) is 39.0 Å². The molecule has 3 aliphatic rings. The molecule has 0 N–H and O–H groups in total.